The fraction of sp³-hybridized carbons (Fsp3) is 0.333. The van der Waals surface area contributed by atoms with Gasteiger partial charge in [-0.25, -0.2) is 8.78 Å². The summed E-state index contributed by atoms with van der Waals surface area (Å²) in [4.78, 5) is 28.5. The molecule has 7 heteroatoms. The van der Waals surface area contributed by atoms with E-state index < -0.39 is 17.7 Å². The van der Waals surface area contributed by atoms with E-state index in [4.69, 9.17) is 0 Å². The standard InChI is InChI=1S/C21H23F2N3O2/c1-15(18-8-7-17(22)13-19(18)23)24-20(27)14-25-9-11-26(12-10-25)21(28)16-5-3-2-4-6-16/h2-8,13,15H,9-12,14H2,1H3,(H,24,27)/t15-/m1/s1. The summed E-state index contributed by atoms with van der Waals surface area (Å²) < 4.78 is 26.8. The molecule has 0 unspecified atom stereocenters. The average molecular weight is 387 g/mol. The van der Waals surface area contributed by atoms with E-state index in [0.717, 1.165) is 6.07 Å². The van der Waals surface area contributed by atoms with Crippen molar-refractivity contribution in [1.82, 2.24) is 15.1 Å². The van der Waals surface area contributed by atoms with Crippen LogP contribution >= 0.6 is 0 Å². The second kappa shape index (κ2) is 8.93. The molecular weight excluding hydrogens is 364 g/mol. The third-order valence-corrected chi connectivity index (χ3v) is 4.85. The first-order valence-corrected chi connectivity index (χ1v) is 9.25. The third kappa shape index (κ3) is 4.92. The highest BCUT2D eigenvalue weighted by molar-refractivity contribution is 5.94. The number of hydrogen-bond acceptors (Lipinski definition) is 3. The van der Waals surface area contributed by atoms with Crippen LogP contribution in [0.25, 0.3) is 0 Å². The van der Waals surface area contributed by atoms with E-state index >= 15 is 0 Å². The number of halogens is 2. The molecule has 0 aromatic heterocycles. The Morgan fingerprint density at radius 2 is 1.71 bits per heavy atom. The van der Waals surface area contributed by atoms with Crippen molar-refractivity contribution in [2.45, 2.75) is 13.0 Å². The number of carbonyl (C=O) groups is 2. The predicted molar refractivity (Wildman–Crippen MR) is 102 cm³/mol. The highest BCUT2D eigenvalue weighted by Gasteiger charge is 2.24. The topological polar surface area (TPSA) is 52.7 Å². The molecule has 0 saturated carbocycles. The molecule has 2 amide bonds. The van der Waals surface area contributed by atoms with Gasteiger partial charge in [0.2, 0.25) is 5.91 Å². The molecule has 2 aromatic carbocycles. The minimum Gasteiger partial charge on any atom is -0.348 e. The second-order valence-corrected chi connectivity index (χ2v) is 6.89. The number of benzene rings is 2. The Morgan fingerprint density at radius 3 is 2.36 bits per heavy atom. The zero-order chi connectivity index (χ0) is 20.1. The van der Waals surface area contributed by atoms with Crippen LogP contribution in [-0.2, 0) is 4.79 Å². The minimum absolute atomic E-state index is 0.00916. The number of hydrogen-bond donors (Lipinski definition) is 1. The van der Waals surface area contributed by atoms with Crippen molar-refractivity contribution >= 4 is 11.8 Å². The summed E-state index contributed by atoms with van der Waals surface area (Å²) in [7, 11) is 0. The monoisotopic (exact) mass is 387 g/mol. The van der Waals surface area contributed by atoms with Crippen molar-refractivity contribution in [3.8, 4) is 0 Å². The maximum absolute atomic E-state index is 13.8. The van der Waals surface area contributed by atoms with Crippen LogP contribution in [0, 0.1) is 11.6 Å². The fourth-order valence-corrected chi connectivity index (χ4v) is 3.29. The lowest BCUT2D eigenvalue weighted by Gasteiger charge is -2.34. The van der Waals surface area contributed by atoms with E-state index in [2.05, 4.69) is 5.32 Å². The quantitative estimate of drug-likeness (QED) is 0.858. The van der Waals surface area contributed by atoms with Crippen LogP contribution in [0.5, 0.6) is 0 Å². The lowest BCUT2D eigenvalue weighted by atomic mass is 10.1. The largest absolute Gasteiger partial charge is 0.348 e. The Bertz CT molecular complexity index is 837. The van der Waals surface area contributed by atoms with Gasteiger partial charge in [0.05, 0.1) is 12.6 Å². The van der Waals surface area contributed by atoms with Crippen molar-refractivity contribution in [2.75, 3.05) is 32.7 Å². The fourth-order valence-electron chi connectivity index (χ4n) is 3.29. The van der Waals surface area contributed by atoms with E-state index in [1.54, 1.807) is 24.0 Å². The van der Waals surface area contributed by atoms with Gasteiger partial charge >= 0.3 is 0 Å². The van der Waals surface area contributed by atoms with Gasteiger partial charge < -0.3 is 10.2 Å². The van der Waals surface area contributed by atoms with Gasteiger partial charge in [-0.2, -0.15) is 0 Å². The van der Waals surface area contributed by atoms with Crippen LogP contribution in [0.3, 0.4) is 0 Å². The Kier molecular flexibility index (Phi) is 6.36. The number of rotatable bonds is 5. The van der Waals surface area contributed by atoms with Gasteiger partial charge in [-0.05, 0) is 25.1 Å². The van der Waals surface area contributed by atoms with Crippen LogP contribution in [-0.4, -0.2) is 54.3 Å². The first kappa shape index (κ1) is 19.9. The molecule has 5 nitrogen and oxygen atoms in total. The molecule has 1 heterocycles. The molecule has 148 valence electrons. The van der Waals surface area contributed by atoms with Gasteiger partial charge in [0.1, 0.15) is 11.6 Å². The molecule has 1 aliphatic heterocycles. The number of piperazine rings is 1. The first-order valence-electron chi connectivity index (χ1n) is 9.25. The summed E-state index contributed by atoms with van der Waals surface area (Å²) in [5.74, 6) is -1.58. The Morgan fingerprint density at radius 1 is 1.04 bits per heavy atom. The minimum atomic E-state index is -0.680. The van der Waals surface area contributed by atoms with Gasteiger partial charge in [-0.15, -0.1) is 0 Å². The van der Waals surface area contributed by atoms with Crippen molar-refractivity contribution < 1.29 is 18.4 Å². The molecule has 1 fully saturated rings. The molecule has 0 bridgehead atoms. The zero-order valence-corrected chi connectivity index (χ0v) is 15.7. The van der Waals surface area contributed by atoms with Gasteiger partial charge in [-0.3, -0.25) is 14.5 Å². The van der Waals surface area contributed by atoms with Crippen LogP contribution in [0.15, 0.2) is 48.5 Å². The molecule has 1 N–H and O–H groups in total. The molecular formula is C21H23F2N3O2. The number of carbonyl (C=O) groups excluding carboxylic acids is 2. The lowest BCUT2D eigenvalue weighted by Crippen LogP contribution is -2.51. The van der Waals surface area contributed by atoms with Crippen LogP contribution in [0.4, 0.5) is 8.78 Å². The van der Waals surface area contributed by atoms with Gasteiger partial charge in [0, 0.05) is 43.4 Å². The van der Waals surface area contributed by atoms with Crippen LogP contribution in [0.2, 0.25) is 0 Å². The van der Waals surface area contributed by atoms with Crippen molar-refractivity contribution in [1.29, 1.82) is 0 Å². The average Bonchev–Trinajstić information content (AvgIpc) is 2.68. The summed E-state index contributed by atoms with van der Waals surface area (Å²) in [6.45, 7) is 4.09. The van der Waals surface area contributed by atoms with Crippen molar-refractivity contribution in [3.63, 3.8) is 0 Å². The SMILES string of the molecule is C[C@@H](NC(=O)CN1CCN(C(=O)c2ccccc2)CC1)c1ccc(F)cc1F. The molecule has 2 aromatic rings. The predicted octanol–water partition coefficient (Wildman–Crippen LogP) is 2.60. The lowest BCUT2D eigenvalue weighted by molar-refractivity contribution is -0.123. The van der Waals surface area contributed by atoms with Gasteiger partial charge in [0.15, 0.2) is 0 Å². The van der Waals surface area contributed by atoms with Gasteiger partial charge in [-0.1, -0.05) is 24.3 Å². The number of nitrogens with zero attached hydrogens (tertiary/aromatic N) is 2. The number of amides is 2. The third-order valence-electron chi connectivity index (χ3n) is 4.85. The van der Waals surface area contributed by atoms with E-state index in [9.17, 15) is 18.4 Å². The molecule has 3 rings (SSSR count). The highest BCUT2D eigenvalue weighted by Crippen LogP contribution is 2.17. The summed E-state index contributed by atoms with van der Waals surface area (Å²) >= 11 is 0. The highest BCUT2D eigenvalue weighted by atomic mass is 19.1. The smallest absolute Gasteiger partial charge is 0.253 e. The van der Waals surface area contributed by atoms with Crippen LogP contribution in [0.1, 0.15) is 28.9 Å². The number of nitrogens with one attached hydrogen (secondary N) is 1. The van der Waals surface area contributed by atoms with E-state index in [-0.39, 0.29) is 23.9 Å². The Balaban J connectivity index is 1.48. The van der Waals surface area contributed by atoms with E-state index in [1.165, 1.54) is 12.1 Å². The molecule has 0 spiro atoms. The molecule has 28 heavy (non-hydrogen) atoms. The normalized spacial score (nSPS) is 15.9. The molecule has 1 atom stereocenters. The second-order valence-electron chi connectivity index (χ2n) is 6.89. The summed E-state index contributed by atoms with van der Waals surface area (Å²) in [6.07, 6.45) is 0. The zero-order valence-electron chi connectivity index (χ0n) is 15.7. The van der Waals surface area contributed by atoms with Gasteiger partial charge in [0.25, 0.3) is 5.91 Å². The maximum Gasteiger partial charge on any atom is 0.253 e. The summed E-state index contributed by atoms with van der Waals surface area (Å²) in [5, 5.41) is 2.74. The first-order chi connectivity index (χ1) is 13.4. The Labute approximate surface area is 162 Å². The molecule has 0 radical (unpaired) electrons. The maximum atomic E-state index is 13.8. The van der Waals surface area contributed by atoms with Crippen molar-refractivity contribution in [3.05, 3.63) is 71.3 Å². The molecule has 0 aliphatic carbocycles. The Hall–Kier alpha value is -2.80. The molecule has 1 aliphatic rings. The van der Waals surface area contributed by atoms with E-state index in [0.29, 0.717) is 31.7 Å². The van der Waals surface area contributed by atoms with Crippen LogP contribution < -0.4 is 5.32 Å². The summed E-state index contributed by atoms with van der Waals surface area (Å²) in [5.41, 5.74) is 0.900. The van der Waals surface area contributed by atoms with E-state index in [1.807, 2.05) is 23.1 Å². The van der Waals surface area contributed by atoms with Crippen molar-refractivity contribution in [2.24, 2.45) is 0 Å². The summed E-state index contributed by atoms with van der Waals surface area (Å²) in [6, 6.07) is 11.9. The molecule has 1 saturated heterocycles.